The van der Waals surface area contributed by atoms with E-state index in [0.717, 1.165) is 25.3 Å². The van der Waals surface area contributed by atoms with E-state index in [1.54, 1.807) is 7.11 Å². The van der Waals surface area contributed by atoms with Gasteiger partial charge in [0.05, 0.1) is 6.61 Å². The highest BCUT2D eigenvalue weighted by Crippen LogP contribution is 2.24. The predicted octanol–water partition coefficient (Wildman–Crippen LogP) is 3.38. The van der Waals surface area contributed by atoms with Gasteiger partial charge < -0.3 is 14.8 Å². The Hall–Kier alpha value is -1.06. The molecule has 0 saturated heterocycles. The first-order chi connectivity index (χ1) is 9.47. The van der Waals surface area contributed by atoms with Crippen LogP contribution in [0.2, 0.25) is 0 Å². The molecule has 0 bridgehead atoms. The first-order valence-corrected chi connectivity index (χ1v) is 7.44. The molecule has 1 N–H and O–H groups in total. The van der Waals surface area contributed by atoms with Gasteiger partial charge in [-0.3, -0.25) is 0 Å². The number of hydrogen-bond donors (Lipinski definition) is 1. The van der Waals surface area contributed by atoms with E-state index >= 15 is 0 Å². The largest absolute Gasteiger partial charge is 0.487 e. The molecule has 114 valence electrons. The van der Waals surface area contributed by atoms with Gasteiger partial charge in [-0.1, -0.05) is 39.8 Å². The summed E-state index contributed by atoms with van der Waals surface area (Å²) in [6, 6.07) is 8.36. The van der Waals surface area contributed by atoms with Crippen molar-refractivity contribution in [1.82, 2.24) is 5.32 Å². The summed E-state index contributed by atoms with van der Waals surface area (Å²) in [7, 11) is 1.71. The van der Waals surface area contributed by atoms with Gasteiger partial charge in [-0.25, -0.2) is 0 Å². The molecule has 0 aliphatic carbocycles. The normalized spacial score (nSPS) is 13.2. The zero-order valence-corrected chi connectivity index (χ0v) is 13.5. The second-order valence-electron chi connectivity index (χ2n) is 6.17. The van der Waals surface area contributed by atoms with Crippen molar-refractivity contribution in [2.45, 2.75) is 45.6 Å². The van der Waals surface area contributed by atoms with E-state index in [2.05, 4.69) is 45.1 Å². The van der Waals surface area contributed by atoms with Crippen LogP contribution in [-0.4, -0.2) is 32.9 Å². The maximum atomic E-state index is 5.98. The van der Waals surface area contributed by atoms with E-state index in [-0.39, 0.29) is 11.5 Å². The van der Waals surface area contributed by atoms with Crippen LogP contribution in [0.5, 0.6) is 5.75 Å². The molecule has 0 aromatic heterocycles. The lowest BCUT2D eigenvalue weighted by atomic mass is 9.87. The Morgan fingerprint density at radius 1 is 1.15 bits per heavy atom. The first kappa shape index (κ1) is 17.0. The molecule has 1 unspecified atom stereocenters. The van der Waals surface area contributed by atoms with Gasteiger partial charge in [0.15, 0.2) is 0 Å². The summed E-state index contributed by atoms with van der Waals surface area (Å²) in [4.78, 5) is 0. The maximum absolute atomic E-state index is 5.98. The molecule has 0 spiro atoms. The smallest absolute Gasteiger partial charge is 0.134 e. The molecule has 1 aromatic rings. The standard InChI is InChI=1S/C17H29NO2/c1-6-11-18-12-16(13-19-5)20-15-9-7-14(8-10-15)17(2,3)4/h7-10,16,18H,6,11-13H2,1-5H3. The highest BCUT2D eigenvalue weighted by Gasteiger charge is 2.14. The van der Waals surface area contributed by atoms with Crippen LogP contribution in [0.15, 0.2) is 24.3 Å². The third-order valence-electron chi connectivity index (χ3n) is 3.17. The number of ether oxygens (including phenoxy) is 2. The van der Waals surface area contributed by atoms with Gasteiger partial charge in [0.2, 0.25) is 0 Å². The molecule has 3 heteroatoms. The molecule has 0 aliphatic rings. The maximum Gasteiger partial charge on any atom is 0.134 e. The molecule has 1 rings (SSSR count). The van der Waals surface area contributed by atoms with E-state index in [0.29, 0.717) is 6.61 Å². The third kappa shape index (κ3) is 5.93. The monoisotopic (exact) mass is 279 g/mol. The average Bonchev–Trinajstić information content (AvgIpc) is 2.39. The summed E-state index contributed by atoms with van der Waals surface area (Å²) in [5.74, 6) is 0.901. The molecular weight excluding hydrogens is 250 g/mol. The predicted molar refractivity (Wildman–Crippen MR) is 84.6 cm³/mol. The number of nitrogens with one attached hydrogen (secondary N) is 1. The molecule has 0 amide bonds. The van der Waals surface area contributed by atoms with Crippen LogP contribution >= 0.6 is 0 Å². The molecular formula is C17H29NO2. The van der Waals surface area contributed by atoms with Crippen LogP contribution in [0.25, 0.3) is 0 Å². The Kier molecular flexibility index (Phi) is 7.03. The van der Waals surface area contributed by atoms with Crippen molar-refractivity contribution in [1.29, 1.82) is 0 Å². The topological polar surface area (TPSA) is 30.5 Å². The lowest BCUT2D eigenvalue weighted by Gasteiger charge is -2.21. The minimum Gasteiger partial charge on any atom is -0.487 e. The number of hydrogen-bond acceptors (Lipinski definition) is 3. The van der Waals surface area contributed by atoms with Crippen LogP contribution in [0, 0.1) is 0 Å². The van der Waals surface area contributed by atoms with Gasteiger partial charge in [0.25, 0.3) is 0 Å². The van der Waals surface area contributed by atoms with E-state index in [4.69, 9.17) is 9.47 Å². The Morgan fingerprint density at radius 2 is 1.80 bits per heavy atom. The molecule has 0 heterocycles. The van der Waals surface area contributed by atoms with Crippen molar-refractivity contribution in [2.75, 3.05) is 26.8 Å². The molecule has 1 aromatic carbocycles. The van der Waals surface area contributed by atoms with Crippen molar-refractivity contribution in [3.8, 4) is 5.75 Å². The molecule has 0 aliphatic heterocycles. The Bertz CT molecular complexity index is 368. The summed E-state index contributed by atoms with van der Waals surface area (Å²) in [5.41, 5.74) is 1.49. The van der Waals surface area contributed by atoms with E-state index in [1.807, 2.05) is 12.1 Å². The molecule has 20 heavy (non-hydrogen) atoms. The van der Waals surface area contributed by atoms with Crippen LogP contribution in [0.3, 0.4) is 0 Å². The second kappa shape index (κ2) is 8.28. The zero-order valence-electron chi connectivity index (χ0n) is 13.5. The van der Waals surface area contributed by atoms with Gasteiger partial charge in [-0.05, 0) is 36.1 Å². The van der Waals surface area contributed by atoms with Crippen molar-refractivity contribution >= 4 is 0 Å². The number of rotatable bonds is 8. The van der Waals surface area contributed by atoms with Gasteiger partial charge in [-0.15, -0.1) is 0 Å². The molecule has 0 radical (unpaired) electrons. The third-order valence-corrected chi connectivity index (χ3v) is 3.17. The fourth-order valence-electron chi connectivity index (χ4n) is 1.99. The molecule has 1 atom stereocenters. The first-order valence-electron chi connectivity index (χ1n) is 7.44. The zero-order chi connectivity index (χ0) is 15.0. The van der Waals surface area contributed by atoms with Crippen LogP contribution in [0.1, 0.15) is 39.7 Å². The highest BCUT2D eigenvalue weighted by molar-refractivity contribution is 5.31. The summed E-state index contributed by atoms with van der Waals surface area (Å²) < 4.78 is 11.2. The average molecular weight is 279 g/mol. The fraction of sp³-hybridized carbons (Fsp3) is 0.647. The van der Waals surface area contributed by atoms with Crippen LogP contribution in [-0.2, 0) is 10.2 Å². The lowest BCUT2D eigenvalue weighted by molar-refractivity contribution is 0.0807. The van der Waals surface area contributed by atoms with Crippen LogP contribution in [0.4, 0.5) is 0 Å². The summed E-state index contributed by atoms with van der Waals surface area (Å²) in [5, 5.41) is 3.37. The van der Waals surface area contributed by atoms with Gasteiger partial charge in [-0.2, -0.15) is 0 Å². The van der Waals surface area contributed by atoms with E-state index in [9.17, 15) is 0 Å². The van der Waals surface area contributed by atoms with Gasteiger partial charge in [0.1, 0.15) is 11.9 Å². The quantitative estimate of drug-likeness (QED) is 0.740. The summed E-state index contributed by atoms with van der Waals surface area (Å²) >= 11 is 0. The van der Waals surface area contributed by atoms with Crippen molar-refractivity contribution < 1.29 is 9.47 Å². The fourth-order valence-corrected chi connectivity index (χ4v) is 1.99. The van der Waals surface area contributed by atoms with Crippen molar-refractivity contribution in [2.24, 2.45) is 0 Å². The Balaban J connectivity index is 2.59. The number of methoxy groups -OCH3 is 1. The van der Waals surface area contributed by atoms with Gasteiger partial charge in [0, 0.05) is 13.7 Å². The summed E-state index contributed by atoms with van der Waals surface area (Å²) in [6.45, 7) is 11.2. The number of benzene rings is 1. The van der Waals surface area contributed by atoms with Crippen molar-refractivity contribution in [3.63, 3.8) is 0 Å². The van der Waals surface area contributed by atoms with Gasteiger partial charge >= 0.3 is 0 Å². The SMILES string of the molecule is CCCNCC(COC)Oc1ccc(C(C)(C)C)cc1. The Labute approximate surface area is 123 Å². The Morgan fingerprint density at radius 3 is 2.30 bits per heavy atom. The summed E-state index contributed by atoms with van der Waals surface area (Å²) in [6.07, 6.45) is 1.17. The van der Waals surface area contributed by atoms with E-state index in [1.165, 1.54) is 5.56 Å². The molecule has 3 nitrogen and oxygen atoms in total. The minimum absolute atomic E-state index is 0.0482. The van der Waals surface area contributed by atoms with Crippen molar-refractivity contribution in [3.05, 3.63) is 29.8 Å². The minimum atomic E-state index is 0.0482. The lowest BCUT2D eigenvalue weighted by Crippen LogP contribution is -2.35. The van der Waals surface area contributed by atoms with E-state index < -0.39 is 0 Å². The highest BCUT2D eigenvalue weighted by atomic mass is 16.5. The molecule has 0 saturated carbocycles. The van der Waals surface area contributed by atoms with Crippen LogP contribution < -0.4 is 10.1 Å². The molecule has 0 fully saturated rings. The second-order valence-corrected chi connectivity index (χ2v) is 6.17.